The molecule has 0 saturated carbocycles. The third-order valence-corrected chi connectivity index (χ3v) is 4.53. The van der Waals surface area contributed by atoms with E-state index in [9.17, 15) is 4.79 Å². The summed E-state index contributed by atoms with van der Waals surface area (Å²) in [7, 11) is 1.56. The van der Waals surface area contributed by atoms with E-state index in [0.717, 1.165) is 4.90 Å². The molecule has 116 valence electrons. The zero-order chi connectivity index (χ0) is 16.1. The second-order valence-electron chi connectivity index (χ2n) is 4.91. The molecule has 2 aromatic carbocycles. The average Bonchev–Trinajstić information content (AvgIpc) is 2.49. The molecule has 0 spiro atoms. The van der Waals surface area contributed by atoms with E-state index in [1.165, 1.54) is 17.3 Å². The van der Waals surface area contributed by atoms with Crippen LogP contribution in [-0.2, 0) is 4.79 Å². The Morgan fingerprint density at radius 1 is 1.23 bits per heavy atom. The van der Waals surface area contributed by atoms with E-state index in [1.807, 2.05) is 38.1 Å². The summed E-state index contributed by atoms with van der Waals surface area (Å²) in [5.74, 6) is 0.522. The number of methoxy groups -OCH3 is 1. The number of ether oxygens (including phenoxy) is 1. The van der Waals surface area contributed by atoms with Crippen molar-refractivity contribution >= 4 is 35.0 Å². The molecule has 0 aliphatic heterocycles. The lowest BCUT2D eigenvalue weighted by atomic mass is 10.2. The van der Waals surface area contributed by atoms with Crippen LogP contribution in [0.25, 0.3) is 0 Å². The van der Waals surface area contributed by atoms with Crippen molar-refractivity contribution in [2.75, 3.05) is 12.4 Å². The van der Waals surface area contributed by atoms with E-state index < -0.39 is 0 Å². The molecule has 0 radical (unpaired) electrons. The van der Waals surface area contributed by atoms with Gasteiger partial charge in [0.05, 0.1) is 17.4 Å². The van der Waals surface area contributed by atoms with Crippen molar-refractivity contribution in [1.82, 2.24) is 0 Å². The Labute approximate surface area is 140 Å². The normalized spacial score (nSPS) is 11.8. The van der Waals surface area contributed by atoms with Crippen LogP contribution in [0.2, 0.25) is 5.02 Å². The highest BCUT2D eigenvalue weighted by Gasteiger charge is 2.15. The van der Waals surface area contributed by atoms with E-state index in [-0.39, 0.29) is 11.2 Å². The maximum absolute atomic E-state index is 12.2. The number of hydrogen-bond donors (Lipinski definition) is 1. The van der Waals surface area contributed by atoms with Crippen LogP contribution in [0.1, 0.15) is 12.5 Å². The minimum absolute atomic E-state index is 0.0631. The number of halogens is 1. The number of hydrogen-bond acceptors (Lipinski definition) is 3. The number of benzene rings is 2. The summed E-state index contributed by atoms with van der Waals surface area (Å²) in [6, 6.07) is 13.3. The Morgan fingerprint density at radius 3 is 2.50 bits per heavy atom. The molecule has 0 bridgehead atoms. The first kappa shape index (κ1) is 16.7. The van der Waals surface area contributed by atoms with Crippen molar-refractivity contribution in [1.29, 1.82) is 0 Å². The first-order chi connectivity index (χ1) is 10.5. The van der Waals surface area contributed by atoms with Crippen LogP contribution < -0.4 is 10.1 Å². The zero-order valence-electron chi connectivity index (χ0n) is 12.7. The molecular weight excluding hydrogens is 318 g/mol. The summed E-state index contributed by atoms with van der Waals surface area (Å²) >= 11 is 7.58. The monoisotopic (exact) mass is 335 g/mol. The maximum Gasteiger partial charge on any atom is 0.237 e. The predicted octanol–water partition coefficient (Wildman–Crippen LogP) is 4.78. The molecule has 0 fully saturated rings. The number of thioether (sulfide) groups is 1. The lowest BCUT2D eigenvalue weighted by Crippen LogP contribution is -2.22. The number of nitrogens with one attached hydrogen (secondary N) is 1. The SMILES string of the molecule is COc1ccc(NC(=O)C(C)Sc2ccc(C)cc2)cc1Cl. The molecule has 1 amide bonds. The standard InChI is InChI=1S/C17H18ClNO2S/c1-11-4-7-14(8-5-11)22-12(2)17(20)19-13-6-9-16(21-3)15(18)10-13/h4-10,12H,1-3H3,(H,19,20). The van der Waals surface area contributed by atoms with E-state index in [0.29, 0.717) is 16.5 Å². The summed E-state index contributed by atoms with van der Waals surface area (Å²) in [4.78, 5) is 13.3. The molecule has 1 N–H and O–H groups in total. The fourth-order valence-corrected chi connectivity index (χ4v) is 2.99. The highest BCUT2D eigenvalue weighted by Crippen LogP contribution is 2.28. The van der Waals surface area contributed by atoms with Crippen LogP contribution in [0.3, 0.4) is 0 Å². The van der Waals surface area contributed by atoms with E-state index in [2.05, 4.69) is 5.32 Å². The van der Waals surface area contributed by atoms with Crippen LogP contribution >= 0.6 is 23.4 Å². The molecule has 1 atom stereocenters. The molecule has 0 aliphatic rings. The van der Waals surface area contributed by atoms with E-state index in [4.69, 9.17) is 16.3 Å². The Balaban J connectivity index is 1.99. The summed E-state index contributed by atoms with van der Waals surface area (Å²) in [6.45, 7) is 3.92. The van der Waals surface area contributed by atoms with Gasteiger partial charge in [-0.25, -0.2) is 0 Å². The van der Waals surface area contributed by atoms with Gasteiger partial charge < -0.3 is 10.1 Å². The Hall–Kier alpha value is -1.65. The van der Waals surface area contributed by atoms with Crippen molar-refractivity contribution in [3.8, 4) is 5.75 Å². The van der Waals surface area contributed by atoms with Gasteiger partial charge in [0, 0.05) is 10.6 Å². The van der Waals surface area contributed by atoms with Crippen molar-refractivity contribution in [2.45, 2.75) is 24.0 Å². The minimum atomic E-state index is -0.205. The van der Waals surface area contributed by atoms with Gasteiger partial charge in [0.2, 0.25) is 5.91 Å². The first-order valence-corrected chi connectivity index (χ1v) is 8.13. The largest absolute Gasteiger partial charge is 0.495 e. The molecule has 0 saturated heterocycles. The topological polar surface area (TPSA) is 38.3 Å². The van der Waals surface area contributed by atoms with Crippen LogP contribution in [0.4, 0.5) is 5.69 Å². The lowest BCUT2D eigenvalue weighted by Gasteiger charge is -2.13. The second kappa shape index (κ2) is 7.56. The number of carbonyl (C=O) groups is 1. The van der Waals surface area contributed by atoms with Gasteiger partial charge in [-0.15, -0.1) is 11.8 Å². The van der Waals surface area contributed by atoms with Crippen molar-refractivity contribution in [3.63, 3.8) is 0 Å². The van der Waals surface area contributed by atoms with Gasteiger partial charge in [-0.2, -0.15) is 0 Å². The third kappa shape index (κ3) is 4.42. The number of aryl methyl sites for hydroxylation is 1. The third-order valence-electron chi connectivity index (χ3n) is 3.12. The molecule has 0 aromatic heterocycles. The molecule has 2 aromatic rings. The Morgan fingerprint density at radius 2 is 1.91 bits per heavy atom. The average molecular weight is 336 g/mol. The molecule has 1 unspecified atom stereocenters. The lowest BCUT2D eigenvalue weighted by molar-refractivity contribution is -0.115. The molecule has 2 rings (SSSR count). The van der Waals surface area contributed by atoms with Crippen molar-refractivity contribution in [2.24, 2.45) is 0 Å². The van der Waals surface area contributed by atoms with Gasteiger partial charge in [0.1, 0.15) is 5.75 Å². The summed E-state index contributed by atoms with van der Waals surface area (Å²) in [5, 5.41) is 3.13. The van der Waals surface area contributed by atoms with Gasteiger partial charge >= 0.3 is 0 Å². The Bertz CT molecular complexity index is 658. The number of anilines is 1. The van der Waals surface area contributed by atoms with Crippen LogP contribution in [0.5, 0.6) is 5.75 Å². The maximum atomic E-state index is 12.2. The summed E-state index contributed by atoms with van der Waals surface area (Å²) < 4.78 is 5.09. The smallest absolute Gasteiger partial charge is 0.237 e. The Kier molecular flexibility index (Phi) is 5.75. The van der Waals surface area contributed by atoms with Crippen molar-refractivity contribution in [3.05, 3.63) is 53.1 Å². The van der Waals surface area contributed by atoms with E-state index in [1.54, 1.807) is 25.3 Å². The fraction of sp³-hybridized carbons (Fsp3) is 0.235. The molecule has 5 heteroatoms. The number of amides is 1. The minimum Gasteiger partial charge on any atom is -0.495 e. The number of rotatable bonds is 5. The number of carbonyl (C=O) groups excluding carboxylic acids is 1. The van der Waals surface area contributed by atoms with Crippen LogP contribution in [0.15, 0.2) is 47.4 Å². The molecule has 0 aliphatic carbocycles. The molecule has 0 heterocycles. The predicted molar refractivity (Wildman–Crippen MR) is 93.1 cm³/mol. The zero-order valence-corrected chi connectivity index (χ0v) is 14.3. The van der Waals surface area contributed by atoms with E-state index >= 15 is 0 Å². The van der Waals surface area contributed by atoms with Gasteiger partial charge in [0.25, 0.3) is 0 Å². The van der Waals surface area contributed by atoms with Gasteiger partial charge in [-0.05, 0) is 44.2 Å². The first-order valence-electron chi connectivity index (χ1n) is 6.87. The highest BCUT2D eigenvalue weighted by molar-refractivity contribution is 8.00. The van der Waals surface area contributed by atoms with Gasteiger partial charge in [-0.3, -0.25) is 4.79 Å². The fourth-order valence-electron chi connectivity index (χ4n) is 1.86. The second-order valence-corrected chi connectivity index (χ2v) is 6.73. The van der Waals surface area contributed by atoms with Crippen molar-refractivity contribution < 1.29 is 9.53 Å². The summed E-state index contributed by atoms with van der Waals surface area (Å²) in [6.07, 6.45) is 0. The van der Waals surface area contributed by atoms with Crippen LogP contribution in [0, 0.1) is 6.92 Å². The molecule has 3 nitrogen and oxygen atoms in total. The molecular formula is C17H18ClNO2S. The van der Waals surface area contributed by atoms with Crippen LogP contribution in [-0.4, -0.2) is 18.3 Å². The quantitative estimate of drug-likeness (QED) is 0.799. The van der Waals surface area contributed by atoms with Gasteiger partial charge in [0.15, 0.2) is 0 Å². The molecule has 22 heavy (non-hydrogen) atoms. The van der Waals surface area contributed by atoms with Gasteiger partial charge in [-0.1, -0.05) is 29.3 Å². The highest BCUT2D eigenvalue weighted by atomic mass is 35.5. The summed E-state index contributed by atoms with van der Waals surface area (Å²) in [5.41, 5.74) is 1.86.